The molecule has 142 valence electrons. The Morgan fingerprint density at radius 3 is 2.21 bits per heavy atom. The van der Waals surface area contributed by atoms with Crippen molar-refractivity contribution < 1.29 is 14.4 Å². The number of carbonyl (C=O) groups excluding carboxylic acids is 3. The van der Waals surface area contributed by atoms with Crippen LogP contribution in [0.2, 0.25) is 0 Å². The predicted molar refractivity (Wildman–Crippen MR) is 109 cm³/mol. The Morgan fingerprint density at radius 1 is 0.893 bits per heavy atom. The van der Waals surface area contributed by atoms with E-state index in [-0.39, 0.29) is 18.4 Å². The van der Waals surface area contributed by atoms with Gasteiger partial charge in [-0.1, -0.05) is 47.7 Å². The first kappa shape index (κ1) is 19.2. The molecule has 3 amide bonds. The first-order chi connectivity index (χ1) is 13.5. The number of aromatic nitrogens is 1. The van der Waals surface area contributed by atoms with Crippen molar-refractivity contribution in [1.82, 2.24) is 10.3 Å². The van der Waals surface area contributed by atoms with E-state index in [1.165, 1.54) is 0 Å². The molecule has 2 aromatic carbocycles. The maximum Gasteiger partial charge on any atom is 0.267 e. The molecule has 8 heteroatoms. The molecule has 3 N–H and O–H groups in total. The molecular formula is C20H18N4O3S. The van der Waals surface area contributed by atoms with Crippen molar-refractivity contribution in [3.05, 3.63) is 76.8 Å². The van der Waals surface area contributed by atoms with Crippen LogP contribution >= 0.6 is 11.3 Å². The molecule has 0 saturated carbocycles. The highest BCUT2D eigenvalue weighted by Gasteiger charge is 2.17. The Kier molecular flexibility index (Phi) is 6.13. The first-order valence-corrected chi connectivity index (χ1v) is 9.31. The fourth-order valence-corrected chi connectivity index (χ4v) is 3.26. The molecule has 0 radical (unpaired) electrons. The number of thiazole rings is 1. The minimum absolute atomic E-state index is 0.197. The number of aryl methyl sites for hydroxylation is 1. The van der Waals surface area contributed by atoms with Gasteiger partial charge in [0, 0.05) is 11.3 Å². The fourth-order valence-electron chi connectivity index (χ4n) is 2.39. The number of rotatable bonds is 6. The summed E-state index contributed by atoms with van der Waals surface area (Å²) in [5.41, 5.74) is 1.66. The molecule has 0 aliphatic carbocycles. The summed E-state index contributed by atoms with van der Waals surface area (Å²) in [4.78, 5) is 41.1. The van der Waals surface area contributed by atoms with Crippen LogP contribution in [0.4, 0.5) is 10.8 Å². The molecule has 0 bridgehead atoms. The number of anilines is 2. The van der Waals surface area contributed by atoms with Gasteiger partial charge < -0.3 is 16.0 Å². The lowest BCUT2D eigenvalue weighted by atomic mass is 10.2. The van der Waals surface area contributed by atoms with Gasteiger partial charge in [0.15, 0.2) is 5.13 Å². The van der Waals surface area contributed by atoms with E-state index in [4.69, 9.17) is 0 Å². The molecule has 1 aromatic heterocycles. The van der Waals surface area contributed by atoms with Crippen LogP contribution in [0.25, 0.3) is 0 Å². The van der Waals surface area contributed by atoms with Crippen LogP contribution < -0.4 is 16.0 Å². The topological polar surface area (TPSA) is 100 Å². The Labute approximate surface area is 165 Å². The van der Waals surface area contributed by atoms with E-state index in [1.54, 1.807) is 49.4 Å². The summed E-state index contributed by atoms with van der Waals surface area (Å²) in [6, 6.07) is 17.7. The predicted octanol–water partition coefficient (Wildman–Crippen LogP) is 3.07. The third-order valence-electron chi connectivity index (χ3n) is 3.73. The van der Waals surface area contributed by atoms with Crippen LogP contribution in [-0.2, 0) is 4.79 Å². The molecular weight excluding hydrogens is 376 g/mol. The highest BCUT2D eigenvalue weighted by molar-refractivity contribution is 7.17. The van der Waals surface area contributed by atoms with Crippen molar-refractivity contribution in [2.45, 2.75) is 6.92 Å². The van der Waals surface area contributed by atoms with Gasteiger partial charge in [-0.05, 0) is 31.2 Å². The number of nitrogens with zero attached hydrogens (tertiary/aromatic N) is 1. The second-order valence-corrected chi connectivity index (χ2v) is 6.85. The molecule has 0 fully saturated rings. The van der Waals surface area contributed by atoms with Crippen LogP contribution in [0, 0.1) is 6.92 Å². The largest absolute Gasteiger partial charge is 0.343 e. The Balaban J connectivity index is 1.56. The highest BCUT2D eigenvalue weighted by Crippen LogP contribution is 2.23. The molecule has 0 spiro atoms. The van der Waals surface area contributed by atoms with Gasteiger partial charge in [-0.2, -0.15) is 0 Å². The zero-order valence-electron chi connectivity index (χ0n) is 15.1. The van der Waals surface area contributed by atoms with Gasteiger partial charge in [0.2, 0.25) is 5.91 Å². The van der Waals surface area contributed by atoms with E-state index >= 15 is 0 Å². The third kappa shape index (κ3) is 5.01. The van der Waals surface area contributed by atoms with Gasteiger partial charge >= 0.3 is 0 Å². The van der Waals surface area contributed by atoms with Crippen LogP contribution in [0.15, 0.2) is 60.7 Å². The Bertz CT molecular complexity index is 987. The van der Waals surface area contributed by atoms with E-state index in [2.05, 4.69) is 20.9 Å². The number of amides is 3. The smallest absolute Gasteiger partial charge is 0.267 e. The summed E-state index contributed by atoms with van der Waals surface area (Å²) in [6.45, 7) is 1.50. The van der Waals surface area contributed by atoms with Crippen LogP contribution in [0.3, 0.4) is 0 Å². The molecule has 1 heterocycles. The molecule has 0 aliphatic rings. The SMILES string of the molecule is Cc1nc(NC(=O)CNC(=O)c2ccccc2)sc1C(=O)Nc1ccccc1. The van der Waals surface area contributed by atoms with Gasteiger partial charge in [0.1, 0.15) is 4.88 Å². The molecule has 7 nitrogen and oxygen atoms in total. The number of hydrogen-bond acceptors (Lipinski definition) is 5. The van der Waals surface area contributed by atoms with Gasteiger partial charge in [0.05, 0.1) is 12.2 Å². The molecule has 0 atom stereocenters. The highest BCUT2D eigenvalue weighted by atomic mass is 32.1. The van der Waals surface area contributed by atoms with Gasteiger partial charge in [-0.3, -0.25) is 14.4 Å². The summed E-state index contributed by atoms with van der Waals surface area (Å²) in [6.07, 6.45) is 0. The summed E-state index contributed by atoms with van der Waals surface area (Å²) >= 11 is 1.08. The minimum Gasteiger partial charge on any atom is -0.343 e. The van der Waals surface area contributed by atoms with Gasteiger partial charge in [-0.25, -0.2) is 4.98 Å². The van der Waals surface area contributed by atoms with E-state index in [0.29, 0.717) is 27.0 Å². The van der Waals surface area contributed by atoms with Gasteiger partial charge in [-0.15, -0.1) is 0 Å². The average molecular weight is 394 g/mol. The van der Waals surface area contributed by atoms with E-state index in [0.717, 1.165) is 11.3 Å². The van der Waals surface area contributed by atoms with Crippen LogP contribution in [0.5, 0.6) is 0 Å². The number of carbonyl (C=O) groups is 3. The van der Waals surface area contributed by atoms with E-state index < -0.39 is 5.91 Å². The monoisotopic (exact) mass is 394 g/mol. The lowest BCUT2D eigenvalue weighted by Gasteiger charge is -2.05. The quantitative estimate of drug-likeness (QED) is 0.598. The fraction of sp³-hybridized carbons (Fsp3) is 0.100. The standard InChI is InChI=1S/C20H18N4O3S/c1-13-17(19(27)23-15-10-6-3-7-11-15)28-20(22-13)24-16(25)12-21-18(26)14-8-4-2-5-9-14/h2-11H,12H2,1H3,(H,21,26)(H,23,27)(H,22,24,25). The summed E-state index contributed by atoms with van der Waals surface area (Å²) in [5.74, 6) is -1.05. The first-order valence-electron chi connectivity index (χ1n) is 8.50. The van der Waals surface area contributed by atoms with Crippen LogP contribution in [-0.4, -0.2) is 29.3 Å². The third-order valence-corrected chi connectivity index (χ3v) is 4.80. The number of para-hydroxylation sites is 1. The molecule has 0 saturated heterocycles. The van der Waals surface area contributed by atoms with Gasteiger partial charge in [0.25, 0.3) is 11.8 Å². The maximum absolute atomic E-state index is 12.4. The molecule has 0 unspecified atom stereocenters. The zero-order chi connectivity index (χ0) is 19.9. The number of nitrogens with one attached hydrogen (secondary N) is 3. The molecule has 0 aliphatic heterocycles. The van der Waals surface area contributed by atoms with Crippen molar-refractivity contribution in [3.8, 4) is 0 Å². The Morgan fingerprint density at radius 2 is 1.54 bits per heavy atom. The van der Waals surface area contributed by atoms with Crippen molar-refractivity contribution in [2.75, 3.05) is 17.2 Å². The minimum atomic E-state index is -0.423. The second kappa shape index (κ2) is 8.92. The summed E-state index contributed by atoms with van der Waals surface area (Å²) in [7, 11) is 0. The van der Waals surface area contributed by atoms with Crippen molar-refractivity contribution in [2.24, 2.45) is 0 Å². The molecule has 3 aromatic rings. The van der Waals surface area contributed by atoms with E-state index in [9.17, 15) is 14.4 Å². The number of hydrogen-bond donors (Lipinski definition) is 3. The molecule has 28 heavy (non-hydrogen) atoms. The van der Waals surface area contributed by atoms with E-state index in [1.807, 2.05) is 18.2 Å². The average Bonchev–Trinajstić information content (AvgIpc) is 3.07. The Hall–Kier alpha value is -3.52. The maximum atomic E-state index is 12.4. The lowest BCUT2D eigenvalue weighted by molar-refractivity contribution is -0.115. The molecule has 3 rings (SSSR count). The van der Waals surface area contributed by atoms with Crippen molar-refractivity contribution in [3.63, 3.8) is 0 Å². The lowest BCUT2D eigenvalue weighted by Crippen LogP contribution is -2.32. The zero-order valence-corrected chi connectivity index (χ0v) is 15.9. The summed E-state index contributed by atoms with van der Waals surface area (Å²) in [5, 5.41) is 8.23. The van der Waals surface area contributed by atoms with Crippen molar-refractivity contribution in [1.29, 1.82) is 0 Å². The van der Waals surface area contributed by atoms with Crippen LogP contribution in [0.1, 0.15) is 25.7 Å². The number of benzene rings is 2. The van der Waals surface area contributed by atoms with Crippen molar-refractivity contribution >= 4 is 39.9 Å². The summed E-state index contributed by atoms with van der Waals surface area (Å²) < 4.78 is 0. The normalized spacial score (nSPS) is 10.2. The second-order valence-electron chi connectivity index (χ2n) is 5.85.